The van der Waals surface area contributed by atoms with Crippen molar-refractivity contribution in [3.05, 3.63) is 44.7 Å². The molecule has 1 aliphatic rings. The van der Waals surface area contributed by atoms with Crippen LogP contribution in [0, 0.1) is 10.8 Å². The van der Waals surface area contributed by atoms with Gasteiger partial charge in [0.15, 0.2) is 10.6 Å². The van der Waals surface area contributed by atoms with Crippen molar-refractivity contribution in [1.29, 1.82) is 5.41 Å². The van der Waals surface area contributed by atoms with E-state index in [9.17, 15) is 4.79 Å². The second-order valence-corrected chi connectivity index (χ2v) is 7.14. The molecule has 1 aliphatic carbocycles. The number of Topliss-reactive ketones (excluding diaryl/α,β-unsaturated/α-hetero) is 1. The molecule has 1 N–H and O–H groups in total. The zero-order chi connectivity index (χ0) is 14.5. The summed E-state index contributed by atoms with van der Waals surface area (Å²) in [5.41, 5.74) is 1.54. The van der Waals surface area contributed by atoms with Gasteiger partial charge in [0.2, 0.25) is 0 Å². The van der Waals surface area contributed by atoms with Crippen LogP contribution in [0.1, 0.15) is 35.6 Å². The van der Waals surface area contributed by atoms with Gasteiger partial charge >= 0.3 is 0 Å². The second-order valence-electron chi connectivity index (χ2n) is 5.71. The highest BCUT2D eigenvalue weighted by Crippen LogP contribution is 2.36. The third-order valence-electron chi connectivity index (χ3n) is 3.83. The molecular weight excluding hydrogens is 292 g/mol. The predicted octanol–water partition coefficient (Wildman–Crippen LogP) is 3.83. The van der Waals surface area contributed by atoms with E-state index in [0.717, 1.165) is 29.1 Å². The third kappa shape index (κ3) is 2.03. The van der Waals surface area contributed by atoms with Crippen LogP contribution in [0.25, 0.3) is 5.69 Å². The van der Waals surface area contributed by atoms with E-state index in [0.29, 0.717) is 9.82 Å². The molecule has 1 aromatic heterocycles. The topological polar surface area (TPSA) is 45.9 Å². The van der Waals surface area contributed by atoms with Crippen molar-refractivity contribution in [3.63, 3.8) is 0 Å². The fraction of sp³-hybridized carbons (Fsp3) is 0.333. The molecular formula is C15H15ClN2OS. The van der Waals surface area contributed by atoms with E-state index in [1.165, 1.54) is 11.3 Å². The lowest BCUT2D eigenvalue weighted by molar-refractivity contribution is 0.0814. The van der Waals surface area contributed by atoms with Gasteiger partial charge in [0, 0.05) is 21.8 Å². The number of nitrogens with zero attached hydrogens (tertiary/aromatic N) is 1. The Balaban J connectivity index is 2.19. The smallest absolute Gasteiger partial charge is 0.187 e. The van der Waals surface area contributed by atoms with Gasteiger partial charge in [-0.3, -0.25) is 14.8 Å². The number of ketones is 1. The Labute approximate surface area is 126 Å². The quantitative estimate of drug-likeness (QED) is 0.855. The molecule has 0 fully saturated rings. The number of carbonyl (C=O) groups is 1. The maximum atomic E-state index is 12.5. The number of hydrogen-bond acceptors (Lipinski definition) is 3. The predicted molar refractivity (Wildman–Crippen MR) is 80.9 cm³/mol. The van der Waals surface area contributed by atoms with E-state index in [-0.39, 0.29) is 11.2 Å². The molecule has 0 atom stereocenters. The summed E-state index contributed by atoms with van der Waals surface area (Å²) in [7, 11) is 0. The summed E-state index contributed by atoms with van der Waals surface area (Å²) < 4.78 is 1.86. The van der Waals surface area contributed by atoms with Crippen LogP contribution < -0.4 is 4.80 Å². The van der Waals surface area contributed by atoms with Gasteiger partial charge in [-0.25, -0.2) is 0 Å². The largest absolute Gasteiger partial charge is 0.293 e. The van der Waals surface area contributed by atoms with Crippen LogP contribution in [0.5, 0.6) is 0 Å². The molecule has 3 rings (SSSR count). The number of rotatable bonds is 1. The van der Waals surface area contributed by atoms with Gasteiger partial charge in [-0.15, -0.1) is 0 Å². The summed E-state index contributed by atoms with van der Waals surface area (Å²) in [5.74, 6) is 0.157. The van der Waals surface area contributed by atoms with Crippen molar-refractivity contribution in [2.24, 2.45) is 5.41 Å². The number of aromatic nitrogens is 1. The lowest BCUT2D eigenvalue weighted by Gasteiger charge is -2.27. The monoisotopic (exact) mass is 306 g/mol. The zero-order valence-corrected chi connectivity index (χ0v) is 12.9. The molecule has 104 valence electrons. The van der Waals surface area contributed by atoms with Gasteiger partial charge in [-0.05, 0) is 37.1 Å². The number of nitrogens with one attached hydrogen (secondary N) is 1. The van der Waals surface area contributed by atoms with Crippen LogP contribution in [0.4, 0.5) is 0 Å². The molecule has 1 heterocycles. The Kier molecular flexibility index (Phi) is 3.10. The van der Waals surface area contributed by atoms with Crippen LogP contribution in [-0.4, -0.2) is 10.4 Å². The number of halogens is 1. The molecule has 1 aromatic carbocycles. The van der Waals surface area contributed by atoms with Crippen molar-refractivity contribution < 1.29 is 4.79 Å². The van der Waals surface area contributed by atoms with Gasteiger partial charge in [-0.1, -0.05) is 36.8 Å². The highest BCUT2D eigenvalue weighted by Gasteiger charge is 2.37. The first-order valence-electron chi connectivity index (χ1n) is 6.50. The van der Waals surface area contributed by atoms with Gasteiger partial charge in [0.25, 0.3) is 0 Å². The summed E-state index contributed by atoms with van der Waals surface area (Å²) in [6.45, 7) is 3.96. The average Bonchev–Trinajstić information content (AvgIpc) is 2.73. The fourth-order valence-corrected chi connectivity index (χ4v) is 3.85. The molecule has 0 radical (unpaired) electrons. The highest BCUT2D eigenvalue weighted by molar-refractivity contribution is 7.11. The second kappa shape index (κ2) is 4.57. The van der Waals surface area contributed by atoms with E-state index in [1.807, 2.05) is 42.7 Å². The normalized spacial score (nSPS) is 17.1. The van der Waals surface area contributed by atoms with Crippen LogP contribution in [-0.2, 0) is 6.42 Å². The summed E-state index contributed by atoms with van der Waals surface area (Å²) >= 11 is 7.18. The van der Waals surface area contributed by atoms with Gasteiger partial charge in [0.1, 0.15) is 0 Å². The molecule has 0 saturated carbocycles. The van der Waals surface area contributed by atoms with E-state index in [4.69, 9.17) is 17.0 Å². The fourth-order valence-electron chi connectivity index (χ4n) is 2.54. The van der Waals surface area contributed by atoms with Crippen molar-refractivity contribution in [1.82, 2.24) is 4.57 Å². The number of carbonyl (C=O) groups excluding carboxylic acids is 1. The maximum absolute atomic E-state index is 12.5. The summed E-state index contributed by atoms with van der Waals surface area (Å²) in [6, 6.07) is 7.39. The van der Waals surface area contributed by atoms with Gasteiger partial charge < -0.3 is 0 Å². The van der Waals surface area contributed by atoms with E-state index < -0.39 is 0 Å². The zero-order valence-electron chi connectivity index (χ0n) is 11.4. The van der Waals surface area contributed by atoms with Crippen LogP contribution >= 0.6 is 22.9 Å². The highest BCUT2D eigenvalue weighted by atomic mass is 35.5. The number of thiazole rings is 1. The molecule has 3 nitrogen and oxygen atoms in total. The number of benzene rings is 1. The molecule has 0 bridgehead atoms. The van der Waals surface area contributed by atoms with E-state index in [1.54, 1.807) is 0 Å². The summed E-state index contributed by atoms with van der Waals surface area (Å²) in [6.07, 6.45) is 1.65. The Morgan fingerprint density at radius 1 is 1.30 bits per heavy atom. The first-order valence-corrected chi connectivity index (χ1v) is 7.70. The van der Waals surface area contributed by atoms with Crippen molar-refractivity contribution in [2.75, 3.05) is 0 Å². The Morgan fingerprint density at radius 3 is 2.60 bits per heavy atom. The Hall–Kier alpha value is -1.39. The molecule has 5 heteroatoms. The number of hydrogen-bond donors (Lipinski definition) is 1. The van der Waals surface area contributed by atoms with Crippen LogP contribution in [0.15, 0.2) is 24.3 Å². The molecule has 20 heavy (non-hydrogen) atoms. The van der Waals surface area contributed by atoms with Crippen LogP contribution in [0.2, 0.25) is 5.02 Å². The summed E-state index contributed by atoms with van der Waals surface area (Å²) in [5, 5.41) is 8.84. The Morgan fingerprint density at radius 2 is 1.95 bits per heavy atom. The first-order chi connectivity index (χ1) is 9.40. The lowest BCUT2D eigenvalue weighted by atomic mass is 9.77. The van der Waals surface area contributed by atoms with E-state index >= 15 is 0 Å². The van der Waals surface area contributed by atoms with Crippen molar-refractivity contribution >= 4 is 28.7 Å². The van der Waals surface area contributed by atoms with Crippen molar-refractivity contribution in [2.45, 2.75) is 26.7 Å². The minimum absolute atomic E-state index is 0.157. The number of fused-ring (bicyclic) bond motifs is 1. The summed E-state index contributed by atoms with van der Waals surface area (Å²) in [4.78, 5) is 13.6. The molecule has 2 aromatic rings. The molecule has 0 unspecified atom stereocenters. The molecule has 0 saturated heterocycles. The molecule has 0 amide bonds. The first kappa shape index (κ1) is 13.6. The maximum Gasteiger partial charge on any atom is 0.187 e. The minimum atomic E-state index is -0.317. The SMILES string of the molecule is CC1(C)CCc2c(sc(=N)n2-c2ccc(Cl)cc2)C1=O. The third-order valence-corrected chi connectivity index (χ3v) is 5.08. The molecule has 0 spiro atoms. The van der Waals surface area contributed by atoms with Gasteiger partial charge in [-0.2, -0.15) is 0 Å². The van der Waals surface area contributed by atoms with Crippen LogP contribution in [0.3, 0.4) is 0 Å². The van der Waals surface area contributed by atoms with Gasteiger partial charge in [0.05, 0.1) is 4.88 Å². The minimum Gasteiger partial charge on any atom is -0.293 e. The average molecular weight is 307 g/mol. The van der Waals surface area contributed by atoms with Crippen molar-refractivity contribution in [3.8, 4) is 5.69 Å². The van der Waals surface area contributed by atoms with E-state index in [2.05, 4.69) is 0 Å². The standard InChI is InChI=1S/C15H15ClN2OS/c1-15(2)8-7-11-12(13(15)19)20-14(17)18(11)10-5-3-9(16)4-6-10/h3-6,17H,7-8H2,1-2H3. The lowest BCUT2D eigenvalue weighted by Crippen LogP contribution is -2.30. The molecule has 0 aliphatic heterocycles. The Bertz CT molecular complexity index is 740.